The van der Waals surface area contributed by atoms with Crippen LogP contribution in [0.4, 0.5) is 5.69 Å². The van der Waals surface area contributed by atoms with Gasteiger partial charge in [-0.05, 0) is 81.0 Å². The highest BCUT2D eigenvalue weighted by Crippen LogP contribution is 2.27. The molecule has 0 saturated carbocycles. The van der Waals surface area contributed by atoms with E-state index in [2.05, 4.69) is 17.3 Å². The summed E-state index contributed by atoms with van der Waals surface area (Å²) in [5.74, 6) is -0.114. The molecule has 1 saturated heterocycles. The van der Waals surface area contributed by atoms with Crippen molar-refractivity contribution >= 4 is 29.1 Å². The molecule has 0 aliphatic carbocycles. The highest BCUT2D eigenvalue weighted by atomic mass is 35.5. The summed E-state index contributed by atoms with van der Waals surface area (Å²) in [5.41, 5.74) is 4.30. The number of piperidine rings is 1. The Hall–Kier alpha value is -3.12. The summed E-state index contributed by atoms with van der Waals surface area (Å²) >= 11 is 6.17. The SMILES string of the molecule is Cc1cc(C(=O)N2CCCCC2C)ccc1NC(=O)c1cnn(-c2cccc(Cl)c2)c1C(C)C. The number of carbonyl (C=O) groups is 2. The van der Waals surface area contributed by atoms with Gasteiger partial charge in [-0.2, -0.15) is 5.10 Å². The molecule has 1 aliphatic heterocycles. The monoisotopic (exact) mass is 478 g/mol. The summed E-state index contributed by atoms with van der Waals surface area (Å²) in [6.45, 7) is 8.87. The van der Waals surface area contributed by atoms with Gasteiger partial charge < -0.3 is 10.2 Å². The van der Waals surface area contributed by atoms with Crippen molar-refractivity contribution in [3.05, 3.63) is 76.1 Å². The summed E-state index contributed by atoms with van der Waals surface area (Å²) in [7, 11) is 0. The van der Waals surface area contributed by atoms with Crippen molar-refractivity contribution in [2.45, 2.75) is 58.9 Å². The quantitative estimate of drug-likeness (QED) is 0.473. The third-order valence-electron chi connectivity index (χ3n) is 6.44. The van der Waals surface area contributed by atoms with Gasteiger partial charge in [0.05, 0.1) is 23.1 Å². The van der Waals surface area contributed by atoms with E-state index in [1.54, 1.807) is 23.0 Å². The fourth-order valence-corrected chi connectivity index (χ4v) is 4.78. The lowest BCUT2D eigenvalue weighted by molar-refractivity contribution is 0.0635. The van der Waals surface area contributed by atoms with Gasteiger partial charge in [0.1, 0.15) is 0 Å². The van der Waals surface area contributed by atoms with Crippen molar-refractivity contribution in [1.82, 2.24) is 14.7 Å². The molecule has 1 N–H and O–H groups in total. The molecule has 2 amide bonds. The number of anilines is 1. The van der Waals surface area contributed by atoms with Crippen LogP contribution in [0.2, 0.25) is 5.02 Å². The molecule has 1 aromatic heterocycles. The van der Waals surface area contributed by atoms with Gasteiger partial charge in [0.15, 0.2) is 0 Å². The zero-order chi connectivity index (χ0) is 24.4. The number of rotatable bonds is 5. The Morgan fingerprint density at radius 1 is 1.15 bits per heavy atom. The number of hydrogen-bond acceptors (Lipinski definition) is 3. The Labute approximate surface area is 205 Å². The van der Waals surface area contributed by atoms with E-state index in [1.807, 2.05) is 56.0 Å². The van der Waals surface area contributed by atoms with Crippen molar-refractivity contribution < 1.29 is 9.59 Å². The first-order valence-electron chi connectivity index (χ1n) is 11.8. The molecule has 7 heteroatoms. The molecule has 3 aromatic rings. The molecule has 178 valence electrons. The lowest BCUT2D eigenvalue weighted by atomic mass is 10.0. The average molecular weight is 479 g/mol. The molecule has 2 heterocycles. The second-order valence-electron chi connectivity index (χ2n) is 9.32. The van der Waals surface area contributed by atoms with Crippen LogP contribution in [0, 0.1) is 6.92 Å². The maximum atomic E-state index is 13.2. The van der Waals surface area contributed by atoms with Gasteiger partial charge in [-0.3, -0.25) is 9.59 Å². The van der Waals surface area contributed by atoms with Gasteiger partial charge in [-0.15, -0.1) is 0 Å². The molecule has 1 unspecified atom stereocenters. The number of likely N-dealkylation sites (tertiary alicyclic amines) is 1. The molecule has 1 aliphatic rings. The first kappa shape index (κ1) is 24.0. The summed E-state index contributed by atoms with van der Waals surface area (Å²) in [5, 5.41) is 8.10. The Kier molecular flexibility index (Phi) is 7.08. The Balaban J connectivity index is 1.57. The number of halogens is 1. The number of nitrogens with zero attached hydrogens (tertiary/aromatic N) is 3. The summed E-state index contributed by atoms with van der Waals surface area (Å²) in [6.07, 6.45) is 4.85. The smallest absolute Gasteiger partial charge is 0.259 e. The normalized spacial score (nSPS) is 16.1. The summed E-state index contributed by atoms with van der Waals surface area (Å²) < 4.78 is 1.76. The van der Waals surface area contributed by atoms with E-state index in [4.69, 9.17) is 11.6 Å². The van der Waals surface area contributed by atoms with Crippen molar-refractivity contribution in [3.8, 4) is 5.69 Å². The molecular formula is C27H31ClN4O2. The molecule has 0 bridgehead atoms. The van der Waals surface area contributed by atoms with Gasteiger partial charge in [0.2, 0.25) is 0 Å². The van der Waals surface area contributed by atoms with Crippen molar-refractivity contribution in [2.24, 2.45) is 0 Å². The predicted molar refractivity (Wildman–Crippen MR) is 136 cm³/mol. The van der Waals surface area contributed by atoms with E-state index in [-0.39, 0.29) is 23.8 Å². The highest BCUT2D eigenvalue weighted by molar-refractivity contribution is 6.30. The van der Waals surface area contributed by atoms with Gasteiger partial charge in [0.25, 0.3) is 11.8 Å². The van der Waals surface area contributed by atoms with E-state index in [1.165, 1.54) is 6.42 Å². The van der Waals surface area contributed by atoms with Gasteiger partial charge in [-0.1, -0.05) is 31.5 Å². The number of hydrogen-bond donors (Lipinski definition) is 1. The Morgan fingerprint density at radius 2 is 1.94 bits per heavy atom. The fraction of sp³-hybridized carbons (Fsp3) is 0.370. The van der Waals surface area contributed by atoms with E-state index in [0.29, 0.717) is 21.8 Å². The molecule has 0 radical (unpaired) electrons. The van der Waals surface area contributed by atoms with Crippen molar-refractivity contribution in [1.29, 1.82) is 0 Å². The zero-order valence-electron chi connectivity index (χ0n) is 20.1. The zero-order valence-corrected chi connectivity index (χ0v) is 20.9. The molecule has 6 nitrogen and oxygen atoms in total. The third kappa shape index (κ3) is 4.87. The van der Waals surface area contributed by atoms with Crippen LogP contribution in [0.5, 0.6) is 0 Å². The van der Waals surface area contributed by atoms with Crippen LogP contribution in [0.25, 0.3) is 5.69 Å². The van der Waals surface area contributed by atoms with Crippen LogP contribution in [-0.4, -0.2) is 39.1 Å². The number of aryl methyl sites for hydroxylation is 1. The van der Waals surface area contributed by atoms with E-state index < -0.39 is 0 Å². The Bertz CT molecular complexity index is 1220. The molecule has 0 spiro atoms. The fourth-order valence-electron chi connectivity index (χ4n) is 4.59. The van der Waals surface area contributed by atoms with Gasteiger partial charge in [-0.25, -0.2) is 4.68 Å². The second-order valence-corrected chi connectivity index (χ2v) is 9.75. The van der Waals surface area contributed by atoms with Crippen LogP contribution in [-0.2, 0) is 0 Å². The lowest BCUT2D eigenvalue weighted by Gasteiger charge is -2.33. The standard InChI is InChI=1S/C27H31ClN4O2/c1-17(2)25-23(16-29-32(25)22-10-7-9-21(28)15-22)26(33)30-24-12-11-20(14-18(24)3)27(34)31-13-6-5-8-19(31)4/h7,9-12,14-17,19H,5-6,8,13H2,1-4H3,(H,30,33). The van der Waals surface area contributed by atoms with Crippen LogP contribution in [0.3, 0.4) is 0 Å². The van der Waals surface area contributed by atoms with Crippen LogP contribution in [0.1, 0.15) is 77.9 Å². The minimum Gasteiger partial charge on any atom is -0.336 e. The first-order valence-corrected chi connectivity index (χ1v) is 12.2. The first-order chi connectivity index (χ1) is 16.3. The molecule has 4 rings (SSSR count). The molecule has 34 heavy (non-hydrogen) atoms. The summed E-state index contributed by atoms with van der Waals surface area (Å²) in [6, 6.07) is 13.1. The predicted octanol–water partition coefficient (Wildman–Crippen LogP) is 6.22. The summed E-state index contributed by atoms with van der Waals surface area (Å²) in [4.78, 5) is 28.2. The highest BCUT2D eigenvalue weighted by Gasteiger charge is 2.25. The molecule has 2 aromatic carbocycles. The van der Waals surface area contributed by atoms with E-state index >= 15 is 0 Å². The van der Waals surface area contributed by atoms with Crippen LogP contribution in [0.15, 0.2) is 48.7 Å². The number of nitrogens with one attached hydrogen (secondary N) is 1. The van der Waals surface area contributed by atoms with Crippen molar-refractivity contribution in [2.75, 3.05) is 11.9 Å². The van der Waals surface area contributed by atoms with E-state index in [0.717, 1.165) is 36.3 Å². The number of benzene rings is 2. The number of aromatic nitrogens is 2. The van der Waals surface area contributed by atoms with Crippen molar-refractivity contribution in [3.63, 3.8) is 0 Å². The maximum Gasteiger partial charge on any atom is 0.259 e. The van der Waals surface area contributed by atoms with Gasteiger partial charge in [0, 0.05) is 28.9 Å². The minimum atomic E-state index is -0.233. The minimum absolute atomic E-state index is 0.0538. The molecule has 1 atom stereocenters. The lowest BCUT2D eigenvalue weighted by Crippen LogP contribution is -2.42. The van der Waals surface area contributed by atoms with Gasteiger partial charge >= 0.3 is 0 Å². The maximum absolute atomic E-state index is 13.2. The Morgan fingerprint density at radius 3 is 2.62 bits per heavy atom. The molecule has 1 fully saturated rings. The molecular weight excluding hydrogens is 448 g/mol. The van der Waals surface area contributed by atoms with E-state index in [9.17, 15) is 9.59 Å². The second kappa shape index (κ2) is 10.0. The largest absolute Gasteiger partial charge is 0.336 e. The average Bonchev–Trinajstić information content (AvgIpc) is 3.26. The number of carbonyl (C=O) groups excluding carboxylic acids is 2. The van der Waals surface area contributed by atoms with Crippen LogP contribution < -0.4 is 5.32 Å². The third-order valence-corrected chi connectivity index (χ3v) is 6.67. The topological polar surface area (TPSA) is 67.2 Å². The van der Waals surface area contributed by atoms with Crippen LogP contribution >= 0.6 is 11.6 Å². The number of amides is 2.